The molecule has 9 aromatic rings. The summed E-state index contributed by atoms with van der Waals surface area (Å²) in [4.78, 5) is 10.7. The standard InChI is InChI=1S/C46H31N3/c1-5-15-32(16-6-1)36-23-13-24-37(29-36)39-27-28-42-41(31-39)43-44(34-19-9-3-10-20-34)47-45(35-21-11-4-12-22-35)48-46(43)49(42)40-26-14-25-38(30-40)33-17-7-2-8-18-33/h1-31H. The quantitative estimate of drug-likeness (QED) is 0.184. The second-order valence-corrected chi connectivity index (χ2v) is 12.3. The molecule has 3 nitrogen and oxygen atoms in total. The number of hydrogen-bond donors (Lipinski definition) is 0. The zero-order chi connectivity index (χ0) is 32.6. The van der Waals surface area contributed by atoms with Gasteiger partial charge in [0, 0.05) is 22.2 Å². The molecular weight excluding hydrogens is 595 g/mol. The van der Waals surface area contributed by atoms with Gasteiger partial charge in [0.15, 0.2) is 5.82 Å². The summed E-state index contributed by atoms with van der Waals surface area (Å²) in [6.07, 6.45) is 0. The summed E-state index contributed by atoms with van der Waals surface area (Å²) in [7, 11) is 0. The molecule has 0 saturated carbocycles. The van der Waals surface area contributed by atoms with Gasteiger partial charge in [-0.25, -0.2) is 9.97 Å². The van der Waals surface area contributed by atoms with Gasteiger partial charge in [-0.2, -0.15) is 0 Å². The number of nitrogens with zero attached hydrogens (tertiary/aromatic N) is 3. The first-order valence-electron chi connectivity index (χ1n) is 16.6. The molecule has 3 heteroatoms. The van der Waals surface area contributed by atoms with Gasteiger partial charge in [0.2, 0.25) is 0 Å². The highest BCUT2D eigenvalue weighted by Gasteiger charge is 2.22. The summed E-state index contributed by atoms with van der Waals surface area (Å²) in [5.74, 6) is 0.700. The summed E-state index contributed by atoms with van der Waals surface area (Å²) in [5, 5.41) is 2.15. The fraction of sp³-hybridized carbons (Fsp3) is 0. The summed E-state index contributed by atoms with van der Waals surface area (Å²) in [6, 6.07) is 66.2. The molecule has 0 N–H and O–H groups in total. The molecule has 0 aliphatic heterocycles. The van der Waals surface area contributed by atoms with Crippen molar-refractivity contribution in [1.82, 2.24) is 14.5 Å². The van der Waals surface area contributed by atoms with Crippen molar-refractivity contribution < 1.29 is 0 Å². The van der Waals surface area contributed by atoms with Crippen LogP contribution in [-0.4, -0.2) is 14.5 Å². The molecule has 0 radical (unpaired) electrons. The maximum absolute atomic E-state index is 5.36. The maximum atomic E-state index is 5.36. The van der Waals surface area contributed by atoms with Gasteiger partial charge in [-0.3, -0.25) is 4.57 Å². The van der Waals surface area contributed by atoms with Crippen LogP contribution < -0.4 is 0 Å². The monoisotopic (exact) mass is 625 g/mol. The van der Waals surface area contributed by atoms with Crippen molar-refractivity contribution in [2.24, 2.45) is 0 Å². The predicted octanol–water partition coefficient (Wildman–Crippen LogP) is 11.9. The van der Waals surface area contributed by atoms with Crippen molar-refractivity contribution in [3.05, 3.63) is 188 Å². The van der Waals surface area contributed by atoms with Crippen molar-refractivity contribution in [1.29, 1.82) is 0 Å². The van der Waals surface area contributed by atoms with E-state index in [2.05, 4.69) is 174 Å². The minimum absolute atomic E-state index is 0.700. The molecule has 0 unspecified atom stereocenters. The van der Waals surface area contributed by atoms with Crippen LogP contribution in [0.4, 0.5) is 0 Å². The Bertz CT molecular complexity index is 2570. The van der Waals surface area contributed by atoms with Crippen LogP contribution in [0.15, 0.2) is 188 Å². The van der Waals surface area contributed by atoms with Crippen LogP contribution in [0.2, 0.25) is 0 Å². The van der Waals surface area contributed by atoms with Crippen molar-refractivity contribution in [2.75, 3.05) is 0 Å². The molecule has 0 atom stereocenters. The van der Waals surface area contributed by atoms with E-state index in [0.717, 1.165) is 55.6 Å². The first-order valence-corrected chi connectivity index (χ1v) is 16.6. The Balaban J connectivity index is 1.35. The van der Waals surface area contributed by atoms with E-state index in [-0.39, 0.29) is 0 Å². The van der Waals surface area contributed by atoms with Gasteiger partial charge < -0.3 is 0 Å². The summed E-state index contributed by atoms with van der Waals surface area (Å²) < 4.78 is 2.31. The molecule has 7 aromatic carbocycles. The third kappa shape index (κ3) is 5.28. The molecule has 230 valence electrons. The molecule has 49 heavy (non-hydrogen) atoms. The van der Waals surface area contributed by atoms with Crippen LogP contribution in [0.1, 0.15) is 0 Å². The lowest BCUT2D eigenvalue weighted by molar-refractivity contribution is 1.11. The highest BCUT2D eigenvalue weighted by atomic mass is 15.1. The van der Waals surface area contributed by atoms with Crippen LogP contribution in [0, 0.1) is 0 Å². The number of benzene rings is 7. The topological polar surface area (TPSA) is 30.7 Å². The fourth-order valence-corrected chi connectivity index (χ4v) is 6.83. The first kappa shape index (κ1) is 28.6. The lowest BCUT2D eigenvalue weighted by atomic mass is 9.97. The van der Waals surface area contributed by atoms with Gasteiger partial charge >= 0.3 is 0 Å². The van der Waals surface area contributed by atoms with Crippen LogP contribution >= 0.6 is 0 Å². The van der Waals surface area contributed by atoms with Gasteiger partial charge in [0.25, 0.3) is 0 Å². The Labute approximate surface area is 285 Å². The van der Waals surface area contributed by atoms with Gasteiger partial charge in [-0.1, -0.05) is 158 Å². The maximum Gasteiger partial charge on any atom is 0.162 e. The van der Waals surface area contributed by atoms with Gasteiger partial charge in [0.05, 0.1) is 16.6 Å². The molecule has 0 aliphatic carbocycles. The second-order valence-electron chi connectivity index (χ2n) is 12.3. The summed E-state index contributed by atoms with van der Waals surface area (Å²) in [6.45, 7) is 0. The Kier molecular flexibility index (Phi) is 7.14. The highest BCUT2D eigenvalue weighted by Crippen LogP contribution is 2.40. The minimum atomic E-state index is 0.700. The third-order valence-corrected chi connectivity index (χ3v) is 9.20. The molecule has 0 amide bonds. The minimum Gasteiger partial charge on any atom is -0.294 e. The number of hydrogen-bond acceptors (Lipinski definition) is 2. The normalized spacial score (nSPS) is 11.3. The van der Waals surface area contributed by atoms with Gasteiger partial charge in [-0.05, 0) is 63.7 Å². The van der Waals surface area contributed by atoms with Crippen LogP contribution in [-0.2, 0) is 0 Å². The molecule has 2 aromatic heterocycles. The molecule has 0 saturated heterocycles. The van der Waals surface area contributed by atoms with E-state index < -0.39 is 0 Å². The van der Waals surface area contributed by atoms with Crippen molar-refractivity contribution in [2.45, 2.75) is 0 Å². The van der Waals surface area contributed by atoms with E-state index in [1.54, 1.807) is 0 Å². The van der Waals surface area contributed by atoms with E-state index in [1.807, 2.05) is 18.2 Å². The van der Waals surface area contributed by atoms with E-state index in [0.29, 0.717) is 5.82 Å². The average molecular weight is 626 g/mol. The molecular formula is C46H31N3. The first-order chi connectivity index (χ1) is 24.3. The Morgan fingerprint density at radius 3 is 1.47 bits per heavy atom. The van der Waals surface area contributed by atoms with E-state index in [4.69, 9.17) is 9.97 Å². The van der Waals surface area contributed by atoms with Crippen molar-refractivity contribution >= 4 is 21.9 Å². The van der Waals surface area contributed by atoms with Gasteiger partial charge in [0.1, 0.15) is 5.65 Å². The smallest absolute Gasteiger partial charge is 0.162 e. The predicted molar refractivity (Wildman–Crippen MR) is 204 cm³/mol. The van der Waals surface area contributed by atoms with Gasteiger partial charge in [-0.15, -0.1) is 0 Å². The largest absolute Gasteiger partial charge is 0.294 e. The second kappa shape index (κ2) is 12.2. The molecule has 0 bridgehead atoms. The van der Waals surface area contributed by atoms with E-state index in [9.17, 15) is 0 Å². The molecule has 0 aliphatic rings. The van der Waals surface area contributed by atoms with Crippen LogP contribution in [0.25, 0.3) is 83.6 Å². The SMILES string of the molecule is c1ccc(-c2cccc(-c3ccc4c(c3)c3c(-c5ccccc5)nc(-c5ccccc5)nc3n4-c3cccc(-c4ccccc4)c3)c2)cc1. The average Bonchev–Trinajstić information content (AvgIpc) is 3.52. The molecule has 9 rings (SSSR count). The molecule has 0 spiro atoms. The highest BCUT2D eigenvalue weighted by molar-refractivity contribution is 6.15. The van der Waals surface area contributed by atoms with E-state index >= 15 is 0 Å². The Morgan fingerprint density at radius 1 is 0.347 bits per heavy atom. The Hall–Kier alpha value is -6.58. The molecule has 0 fully saturated rings. The number of aromatic nitrogens is 3. The van der Waals surface area contributed by atoms with E-state index in [1.165, 1.54) is 22.3 Å². The lowest BCUT2D eigenvalue weighted by Crippen LogP contribution is -1.99. The lowest BCUT2D eigenvalue weighted by Gasteiger charge is -2.12. The zero-order valence-corrected chi connectivity index (χ0v) is 26.7. The number of rotatable bonds is 6. The van der Waals surface area contributed by atoms with Crippen LogP contribution in [0.5, 0.6) is 0 Å². The molecule has 2 heterocycles. The Morgan fingerprint density at radius 2 is 0.837 bits per heavy atom. The fourth-order valence-electron chi connectivity index (χ4n) is 6.83. The zero-order valence-electron chi connectivity index (χ0n) is 26.7. The number of fused-ring (bicyclic) bond motifs is 3. The van der Waals surface area contributed by atoms with Crippen molar-refractivity contribution in [3.63, 3.8) is 0 Å². The van der Waals surface area contributed by atoms with Crippen molar-refractivity contribution in [3.8, 4) is 61.7 Å². The summed E-state index contributed by atoms with van der Waals surface area (Å²) in [5.41, 5.74) is 13.0. The van der Waals surface area contributed by atoms with Crippen LogP contribution in [0.3, 0.4) is 0 Å². The third-order valence-electron chi connectivity index (χ3n) is 9.20. The summed E-state index contributed by atoms with van der Waals surface area (Å²) >= 11 is 0.